The zero-order chi connectivity index (χ0) is 21.5. The summed E-state index contributed by atoms with van der Waals surface area (Å²) in [6, 6.07) is 17.9. The lowest BCUT2D eigenvalue weighted by Gasteiger charge is -2.21. The molecule has 0 fully saturated rings. The van der Waals surface area contributed by atoms with Crippen LogP contribution in [0.2, 0.25) is 0 Å². The fourth-order valence-corrected chi connectivity index (χ4v) is 4.28. The highest BCUT2D eigenvalue weighted by atomic mass is 32.1. The fraction of sp³-hybridized carbons (Fsp3) is 0.400. The van der Waals surface area contributed by atoms with Gasteiger partial charge in [0, 0.05) is 16.3 Å². The van der Waals surface area contributed by atoms with E-state index in [0.29, 0.717) is 18.2 Å². The van der Waals surface area contributed by atoms with Crippen molar-refractivity contribution < 1.29 is 9.21 Å². The number of carbonyl (C=O) groups excluding carboxylic acids is 1. The van der Waals surface area contributed by atoms with Crippen molar-refractivity contribution in [3.63, 3.8) is 0 Å². The van der Waals surface area contributed by atoms with Crippen LogP contribution in [0.5, 0.6) is 0 Å². The minimum atomic E-state index is -0.180. The molecule has 160 valence electrons. The van der Waals surface area contributed by atoms with Crippen LogP contribution in [-0.4, -0.2) is 17.4 Å². The summed E-state index contributed by atoms with van der Waals surface area (Å²) in [5, 5.41) is 3.02. The predicted octanol–water partition coefficient (Wildman–Crippen LogP) is 6.19. The number of carbonyl (C=O) groups is 1. The second-order valence-corrected chi connectivity index (χ2v) is 9.65. The number of aryl methyl sites for hydroxylation is 1. The summed E-state index contributed by atoms with van der Waals surface area (Å²) < 4.78 is 5.91. The maximum Gasteiger partial charge on any atom is 0.287 e. The molecule has 0 aliphatic heterocycles. The van der Waals surface area contributed by atoms with Crippen LogP contribution < -0.4 is 5.32 Å². The molecule has 0 aliphatic carbocycles. The first kappa shape index (κ1) is 22.3. The third-order valence-electron chi connectivity index (χ3n) is 5.11. The summed E-state index contributed by atoms with van der Waals surface area (Å²) in [6.45, 7) is 11.2. The van der Waals surface area contributed by atoms with E-state index in [9.17, 15) is 4.79 Å². The number of rotatable bonds is 10. The van der Waals surface area contributed by atoms with Gasteiger partial charge in [-0.1, -0.05) is 44.2 Å². The zero-order valence-electron chi connectivity index (χ0n) is 18.4. The lowest BCUT2D eigenvalue weighted by atomic mass is 10.1. The van der Waals surface area contributed by atoms with E-state index in [4.69, 9.17) is 4.42 Å². The van der Waals surface area contributed by atoms with E-state index in [1.807, 2.05) is 54.7 Å². The van der Waals surface area contributed by atoms with Gasteiger partial charge in [-0.2, -0.15) is 0 Å². The van der Waals surface area contributed by atoms with Gasteiger partial charge in [0.05, 0.1) is 12.6 Å². The Balaban J connectivity index is 1.62. The van der Waals surface area contributed by atoms with Crippen LogP contribution in [0.1, 0.15) is 64.9 Å². The first-order chi connectivity index (χ1) is 14.4. The average Bonchev–Trinajstić information content (AvgIpc) is 3.35. The Bertz CT molecular complexity index is 930. The Morgan fingerprint density at radius 3 is 2.47 bits per heavy atom. The largest absolute Gasteiger partial charge is 0.455 e. The van der Waals surface area contributed by atoms with E-state index in [1.165, 1.54) is 9.75 Å². The van der Waals surface area contributed by atoms with Crippen molar-refractivity contribution in [1.82, 2.24) is 10.2 Å². The summed E-state index contributed by atoms with van der Waals surface area (Å²) in [7, 11) is 0. The summed E-state index contributed by atoms with van der Waals surface area (Å²) in [4.78, 5) is 17.7. The Hall–Kier alpha value is -2.37. The van der Waals surface area contributed by atoms with E-state index in [2.05, 4.69) is 43.1 Å². The molecule has 0 unspecified atom stereocenters. The van der Waals surface area contributed by atoms with Gasteiger partial charge in [-0.05, 0) is 62.6 Å². The summed E-state index contributed by atoms with van der Waals surface area (Å²) >= 11 is 1.84. The Morgan fingerprint density at radius 1 is 1.03 bits per heavy atom. The number of nitrogens with zero attached hydrogens (tertiary/aromatic N) is 1. The van der Waals surface area contributed by atoms with Gasteiger partial charge in [0.25, 0.3) is 5.91 Å². The molecule has 2 aromatic heterocycles. The molecule has 1 aromatic carbocycles. The molecule has 30 heavy (non-hydrogen) atoms. The lowest BCUT2D eigenvalue weighted by molar-refractivity contribution is 0.0907. The molecule has 0 radical (unpaired) electrons. The highest BCUT2D eigenvalue weighted by molar-refractivity contribution is 7.11. The van der Waals surface area contributed by atoms with Crippen LogP contribution in [-0.2, 0) is 13.1 Å². The van der Waals surface area contributed by atoms with Gasteiger partial charge in [0.1, 0.15) is 5.76 Å². The molecule has 1 atom stereocenters. The van der Waals surface area contributed by atoms with Gasteiger partial charge >= 0.3 is 0 Å². The van der Waals surface area contributed by atoms with Crippen molar-refractivity contribution >= 4 is 17.2 Å². The molecule has 2 heterocycles. The molecular weight excluding hydrogens is 392 g/mol. The van der Waals surface area contributed by atoms with E-state index in [0.717, 1.165) is 30.8 Å². The molecule has 0 saturated heterocycles. The molecule has 0 spiro atoms. The highest BCUT2D eigenvalue weighted by Gasteiger charge is 2.17. The van der Waals surface area contributed by atoms with Crippen LogP contribution in [0.15, 0.2) is 59.0 Å². The van der Waals surface area contributed by atoms with Crippen LogP contribution >= 0.6 is 11.3 Å². The van der Waals surface area contributed by atoms with Gasteiger partial charge in [-0.3, -0.25) is 9.69 Å². The number of benzene rings is 1. The normalized spacial score (nSPS) is 12.5. The molecule has 1 N–H and O–H groups in total. The summed E-state index contributed by atoms with van der Waals surface area (Å²) in [6.07, 6.45) is 1.13. The van der Waals surface area contributed by atoms with Crippen LogP contribution in [0.25, 0.3) is 0 Å². The van der Waals surface area contributed by atoms with Crippen molar-refractivity contribution in [2.24, 2.45) is 5.92 Å². The highest BCUT2D eigenvalue weighted by Crippen LogP contribution is 2.20. The molecule has 0 bridgehead atoms. The van der Waals surface area contributed by atoms with Gasteiger partial charge in [0.15, 0.2) is 5.76 Å². The van der Waals surface area contributed by atoms with Crippen LogP contribution in [0.4, 0.5) is 0 Å². The third kappa shape index (κ3) is 6.57. The molecule has 3 rings (SSSR count). The average molecular weight is 425 g/mol. The van der Waals surface area contributed by atoms with Crippen molar-refractivity contribution in [2.45, 2.75) is 53.2 Å². The van der Waals surface area contributed by atoms with E-state index < -0.39 is 0 Å². The van der Waals surface area contributed by atoms with Crippen LogP contribution in [0, 0.1) is 12.8 Å². The number of thiophene rings is 1. The fourth-order valence-electron chi connectivity index (χ4n) is 3.34. The molecule has 0 saturated carbocycles. The maximum absolute atomic E-state index is 12.6. The molecule has 0 aliphatic rings. The summed E-state index contributed by atoms with van der Waals surface area (Å²) in [5.74, 6) is 1.66. The third-order valence-corrected chi connectivity index (χ3v) is 6.10. The Labute approximate surface area is 183 Å². The van der Waals surface area contributed by atoms with Crippen molar-refractivity contribution in [3.8, 4) is 0 Å². The molecular formula is C25H32N2O2S. The van der Waals surface area contributed by atoms with E-state index >= 15 is 0 Å². The quantitative estimate of drug-likeness (QED) is 0.422. The molecule has 3 aromatic rings. The molecule has 5 heteroatoms. The van der Waals surface area contributed by atoms with Crippen molar-refractivity contribution in [3.05, 3.63) is 81.4 Å². The standard InChI is InChI=1S/C25H32N2O2S/c1-18(2)14-15-27(17-23-12-10-19(3)30-23)16-22-11-13-24(29-22)25(28)26-20(4)21-8-6-5-7-9-21/h5-13,18,20H,14-17H2,1-4H3,(H,26,28)/t20-/m0/s1. The topological polar surface area (TPSA) is 45.5 Å². The number of hydrogen-bond donors (Lipinski definition) is 1. The van der Waals surface area contributed by atoms with Gasteiger partial charge in [-0.25, -0.2) is 0 Å². The Morgan fingerprint density at radius 2 is 1.80 bits per heavy atom. The van der Waals surface area contributed by atoms with Gasteiger partial charge in [0.2, 0.25) is 0 Å². The van der Waals surface area contributed by atoms with Crippen LogP contribution in [0.3, 0.4) is 0 Å². The first-order valence-corrected chi connectivity index (χ1v) is 11.4. The number of nitrogens with one attached hydrogen (secondary N) is 1. The lowest BCUT2D eigenvalue weighted by Crippen LogP contribution is -2.26. The minimum Gasteiger partial charge on any atom is -0.455 e. The van der Waals surface area contributed by atoms with E-state index in [-0.39, 0.29) is 11.9 Å². The van der Waals surface area contributed by atoms with Crippen molar-refractivity contribution in [2.75, 3.05) is 6.54 Å². The van der Waals surface area contributed by atoms with Gasteiger partial charge < -0.3 is 9.73 Å². The SMILES string of the molecule is Cc1ccc(CN(CCC(C)C)Cc2ccc(C(=O)N[C@@H](C)c3ccccc3)o2)s1. The second-order valence-electron chi connectivity index (χ2n) is 8.28. The monoisotopic (exact) mass is 424 g/mol. The van der Waals surface area contributed by atoms with Crippen molar-refractivity contribution in [1.29, 1.82) is 0 Å². The second kappa shape index (κ2) is 10.6. The maximum atomic E-state index is 12.6. The Kier molecular flexibility index (Phi) is 7.88. The smallest absolute Gasteiger partial charge is 0.287 e. The number of hydrogen-bond acceptors (Lipinski definition) is 4. The molecule has 4 nitrogen and oxygen atoms in total. The van der Waals surface area contributed by atoms with Gasteiger partial charge in [-0.15, -0.1) is 11.3 Å². The number of amides is 1. The minimum absolute atomic E-state index is 0.0724. The molecule has 1 amide bonds. The predicted molar refractivity (Wildman–Crippen MR) is 124 cm³/mol. The summed E-state index contributed by atoms with van der Waals surface area (Å²) in [5.41, 5.74) is 1.07. The number of furan rings is 1. The zero-order valence-corrected chi connectivity index (χ0v) is 19.2. The van der Waals surface area contributed by atoms with E-state index in [1.54, 1.807) is 6.07 Å². The first-order valence-electron chi connectivity index (χ1n) is 10.6.